The fourth-order valence-electron chi connectivity index (χ4n) is 3.26. The summed E-state index contributed by atoms with van der Waals surface area (Å²) in [6.45, 7) is 15.6. The van der Waals surface area contributed by atoms with Gasteiger partial charge in [-0.15, -0.1) is 0 Å². The summed E-state index contributed by atoms with van der Waals surface area (Å²) in [5.41, 5.74) is 1.35. The average Bonchev–Trinajstić information content (AvgIpc) is 2.92. The van der Waals surface area contributed by atoms with E-state index in [9.17, 15) is 24.0 Å². The molecule has 1 unspecified atom stereocenters. The van der Waals surface area contributed by atoms with Crippen molar-refractivity contribution in [3.05, 3.63) is 34.9 Å². The Morgan fingerprint density at radius 3 is 2.13 bits per heavy atom. The topological polar surface area (TPSA) is 107 Å². The zero-order chi connectivity index (χ0) is 30.2. The number of carbonyl (C=O) groups excluding carboxylic acids is 5. The summed E-state index contributed by atoms with van der Waals surface area (Å²) in [5.74, 6) is 6.03. The maximum Gasteiger partial charge on any atom is 0.219 e. The molecule has 0 radical (unpaired) electrons. The fraction of sp³-hybridized carbons (Fsp3) is 0.594. The third-order valence-electron chi connectivity index (χ3n) is 5.56. The Balaban J connectivity index is 0. The molecule has 0 saturated carbocycles. The summed E-state index contributed by atoms with van der Waals surface area (Å²) in [6.07, 6.45) is 4.43. The molecule has 0 fully saturated rings. The Bertz CT molecular complexity index is 971. The monoisotopic (exact) mass is 543 g/mol. The lowest BCUT2D eigenvalue weighted by atomic mass is 9.94. The first-order valence-corrected chi connectivity index (χ1v) is 14.1. The van der Waals surface area contributed by atoms with Crippen LogP contribution in [0.15, 0.2) is 18.2 Å². The number of ether oxygens (including phenoxy) is 1. The van der Waals surface area contributed by atoms with Gasteiger partial charge in [-0.1, -0.05) is 65.5 Å². The second-order valence-corrected chi connectivity index (χ2v) is 8.85. The number of nitrogens with one attached hydrogen (secondary N) is 1. The van der Waals surface area contributed by atoms with Gasteiger partial charge in [0.2, 0.25) is 5.91 Å². The highest BCUT2D eigenvalue weighted by Gasteiger charge is 2.16. The van der Waals surface area contributed by atoms with Crippen LogP contribution in [0, 0.1) is 17.8 Å². The van der Waals surface area contributed by atoms with Crippen molar-refractivity contribution >= 4 is 29.0 Å². The Kier molecular flexibility index (Phi) is 23.4. The summed E-state index contributed by atoms with van der Waals surface area (Å²) in [5, 5.41) is 2.70. The minimum absolute atomic E-state index is 0.0191. The normalized spacial score (nSPS) is 10.4. The van der Waals surface area contributed by atoms with Crippen molar-refractivity contribution in [2.24, 2.45) is 5.92 Å². The summed E-state index contributed by atoms with van der Waals surface area (Å²) in [7, 11) is 0. The number of Topliss-reactive ketones (excluding diaryl/α,β-unsaturated/α-hetero) is 4. The Morgan fingerprint density at radius 2 is 1.59 bits per heavy atom. The second-order valence-electron chi connectivity index (χ2n) is 8.85. The van der Waals surface area contributed by atoms with Gasteiger partial charge in [0.05, 0.1) is 6.61 Å². The van der Waals surface area contributed by atoms with Crippen LogP contribution >= 0.6 is 0 Å². The number of hydrogen-bond acceptors (Lipinski definition) is 6. The minimum Gasteiger partial charge on any atom is -0.367 e. The molecule has 0 aromatic heterocycles. The van der Waals surface area contributed by atoms with Crippen molar-refractivity contribution in [1.29, 1.82) is 0 Å². The van der Waals surface area contributed by atoms with Crippen LogP contribution in [0.3, 0.4) is 0 Å². The van der Waals surface area contributed by atoms with Gasteiger partial charge in [0.15, 0.2) is 11.6 Å². The fourth-order valence-corrected chi connectivity index (χ4v) is 3.26. The van der Waals surface area contributed by atoms with Crippen molar-refractivity contribution in [2.75, 3.05) is 19.8 Å². The molecule has 1 aromatic carbocycles. The molecule has 0 spiro atoms. The molecular weight excluding hydrogens is 494 g/mol. The number of carbonyl (C=O) groups is 5. The first-order chi connectivity index (χ1) is 18.6. The van der Waals surface area contributed by atoms with E-state index in [1.807, 2.05) is 34.6 Å². The molecule has 0 bridgehead atoms. The zero-order valence-electron chi connectivity index (χ0n) is 25.3. The molecule has 1 atom stereocenters. The third kappa shape index (κ3) is 17.9. The molecule has 1 N–H and O–H groups in total. The maximum absolute atomic E-state index is 12.2. The minimum atomic E-state index is -0.174. The molecule has 218 valence electrons. The van der Waals surface area contributed by atoms with E-state index in [-0.39, 0.29) is 41.6 Å². The van der Waals surface area contributed by atoms with Crippen LogP contribution in [0.2, 0.25) is 0 Å². The first kappa shape index (κ1) is 38.0. The molecule has 1 aromatic rings. The van der Waals surface area contributed by atoms with Crippen molar-refractivity contribution < 1.29 is 28.7 Å². The standard InChI is InChI=1S/C20H25NO4.C10H18O2.C2H6/c1-4-8-18(23)17-11-6-9-16(20(17)15(3)22)10-7-13-25-14-12-21-19(24)5-2;1-4-5-10(12)7-6-8(2)9(3)11;1-2/h6,9,11H,4-5,8,12-14H2,1-3H3,(H,21,24);8H,4-7H2,1-3H3;1-2H3. The van der Waals surface area contributed by atoms with Gasteiger partial charge in [-0.05, 0) is 39.2 Å². The summed E-state index contributed by atoms with van der Waals surface area (Å²) in [4.78, 5) is 57.1. The number of hydrogen-bond donors (Lipinski definition) is 1. The largest absolute Gasteiger partial charge is 0.367 e. The van der Waals surface area contributed by atoms with E-state index >= 15 is 0 Å². The molecule has 1 amide bonds. The Morgan fingerprint density at radius 1 is 0.949 bits per heavy atom. The second kappa shape index (κ2) is 24.0. The van der Waals surface area contributed by atoms with Crippen molar-refractivity contribution in [3.63, 3.8) is 0 Å². The van der Waals surface area contributed by atoms with Gasteiger partial charge in [0, 0.05) is 54.8 Å². The van der Waals surface area contributed by atoms with Gasteiger partial charge < -0.3 is 10.1 Å². The predicted octanol–water partition coefficient (Wildman–Crippen LogP) is 6.15. The molecular formula is C32H49NO6. The van der Waals surface area contributed by atoms with E-state index in [4.69, 9.17) is 4.74 Å². The Hall–Kier alpha value is -3.11. The van der Waals surface area contributed by atoms with E-state index in [0.29, 0.717) is 61.9 Å². The van der Waals surface area contributed by atoms with E-state index in [0.717, 1.165) is 12.8 Å². The highest BCUT2D eigenvalue weighted by Crippen LogP contribution is 2.17. The Labute approximate surface area is 235 Å². The van der Waals surface area contributed by atoms with Crippen molar-refractivity contribution in [3.8, 4) is 11.8 Å². The van der Waals surface area contributed by atoms with E-state index < -0.39 is 0 Å². The van der Waals surface area contributed by atoms with Crippen LogP contribution in [0.5, 0.6) is 0 Å². The average molecular weight is 544 g/mol. The molecule has 7 heteroatoms. The molecule has 0 saturated heterocycles. The number of rotatable bonds is 15. The lowest BCUT2D eigenvalue weighted by molar-refractivity contribution is -0.122. The van der Waals surface area contributed by atoms with Gasteiger partial charge in [-0.3, -0.25) is 24.0 Å². The molecule has 0 aliphatic carbocycles. The highest BCUT2D eigenvalue weighted by atomic mass is 16.5. The number of benzene rings is 1. The SMILES string of the molecule is CC.CCCC(=O)CCC(C)C(C)=O.CCCC(=O)c1cccc(C#CCOCCNC(=O)CC)c1C(C)=O. The summed E-state index contributed by atoms with van der Waals surface area (Å²) >= 11 is 0. The zero-order valence-corrected chi connectivity index (χ0v) is 25.3. The van der Waals surface area contributed by atoms with Gasteiger partial charge in [-0.2, -0.15) is 0 Å². The lowest BCUT2D eigenvalue weighted by Gasteiger charge is -2.08. The maximum atomic E-state index is 12.2. The predicted molar refractivity (Wildman–Crippen MR) is 157 cm³/mol. The molecule has 0 heterocycles. The number of ketones is 4. The van der Waals surface area contributed by atoms with Crippen LogP contribution < -0.4 is 5.32 Å². The van der Waals surface area contributed by atoms with E-state index in [2.05, 4.69) is 17.2 Å². The van der Waals surface area contributed by atoms with Gasteiger partial charge in [-0.25, -0.2) is 0 Å². The van der Waals surface area contributed by atoms with Crippen molar-refractivity contribution in [1.82, 2.24) is 5.32 Å². The smallest absolute Gasteiger partial charge is 0.219 e. The number of amides is 1. The van der Waals surface area contributed by atoms with Gasteiger partial charge in [0.1, 0.15) is 18.2 Å². The molecule has 0 aliphatic rings. The van der Waals surface area contributed by atoms with Crippen LogP contribution in [0.25, 0.3) is 0 Å². The molecule has 1 rings (SSSR count). The summed E-state index contributed by atoms with van der Waals surface area (Å²) < 4.78 is 5.33. The van der Waals surface area contributed by atoms with Crippen LogP contribution in [-0.2, 0) is 19.1 Å². The highest BCUT2D eigenvalue weighted by molar-refractivity contribution is 6.09. The van der Waals surface area contributed by atoms with E-state index in [1.54, 1.807) is 32.0 Å². The first-order valence-electron chi connectivity index (χ1n) is 14.1. The van der Waals surface area contributed by atoms with Crippen LogP contribution in [-0.4, -0.2) is 48.8 Å². The van der Waals surface area contributed by atoms with Crippen LogP contribution in [0.4, 0.5) is 0 Å². The van der Waals surface area contributed by atoms with Gasteiger partial charge in [0.25, 0.3) is 0 Å². The summed E-state index contributed by atoms with van der Waals surface area (Å²) in [6, 6.07) is 5.14. The van der Waals surface area contributed by atoms with E-state index in [1.165, 1.54) is 6.92 Å². The van der Waals surface area contributed by atoms with Crippen LogP contribution in [0.1, 0.15) is 127 Å². The van der Waals surface area contributed by atoms with Crippen molar-refractivity contribution in [2.45, 2.75) is 100 Å². The lowest BCUT2D eigenvalue weighted by Crippen LogP contribution is -2.26. The molecule has 39 heavy (non-hydrogen) atoms. The molecule has 0 aliphatic heterocycles. The molecule has 7 nitrogen and oxygen atoms in total. The quantitative estimate of drug-likeness (QED) is 0.161. The van der Waals surface area contributed by atoms with Gasteiger partial charge >= 0.3 is 0 Å². The third-order valence-corrected chi connectivity index (χ3v) is 5.56.